The zero-order valence-electron chi connectivity index (χ0n) is 13.6. The maximum absolute atomic E-state index is 12.0. The minimum absolute atomic E-state index is 0.0411. The fourth-order valence-corrected chi connectivity index (χ4v) is 2.95. The van der Waals surface area contributed by atoms with Crippen molar-refractivity contribution in [2.45, 2.75) is 0 Å². The van der Waals surface area contributed by atoms with Crippen molar-refractivity contribution in [2.75, 3.05) is 0 Å². The first-order valence-electron chi connectivity index (χ1n) is 8.00. The molecule has 0 amide bonds. The van der Waals surface area contributed by atoms with Gasteiger partial charge in [0.1, 0.15) is 5.58 Å². The van der Waals surface area contributed by atoms with Gasteiger partial charge in [0.05, 0.1) is 4.92 Å². The van der Waals surface area contributed by atoms with Crippen LogP contribution in [0.2, 0.25) is 0 Å². The molecule has 3 aromatic carbocycles. The second-order valence-electron chi connectivity index (χ2n) is 5.87. The predicted molar refractivity (Wildman–Crippen MR) is 102 cm³/mol. The van der Waals surface area contributed by atoms with E-state index in [1.165, 1.54) is 18.2 Å². The van der Waals surface area contributed by atoms with Gasteiger partial charge >= 0.3 is 5.63 Å². The van der Waals surface area contributed by atoms with Crippen molar-refractivity contribution in [3.05, 3.63) is 98.4 Å². The van der Waals surface area contributed by atoms with E-state index < -0.39 is 10.5 Å². The van der Waals surface area contributed by atoms with Crippen LogP contribution in [0.3, 0.4) is 0 Å². The average molecular weight is 343 g/mol. The minimum atomic E-state index is -0.436. The van der Waals surface area contributed by atoms with Gasteiger partial charge in [0, 0.05) is 29.0 Å². The summed E-state index contributed by atoms with van der Waals surface area (Å²) in [5.74, 6) is 0. The summed E-state index contributed by atoms with van der Waals surface area (Å²) < 4.78 is 5.45. The van der Waals surface area contributed by atoms with E-state index in [1.54, 1.807) is 12.1 Å². The van der Waals surface area contributed by atoms with E-state index in [1.807, 2.05) is 48.6 Å². The molecule has 0 saturated heterocycles. The van der Waals surface area contributed by atoms with Gasteiger partial charge in [0.15, 0.2) is 0 Å². The lowest BCUT2D eigenvalue weighted by atomic mass is 10.0. The number of nitro groups is 1. The molecule has 0 atom stereocenters. The lowest BCUT2D eigenvalue weighted by Gasteiger charge is -2.05. The Hall–Kier alpha value is -3.73. The molecule has 5 nitrogen and oxygen atoms in total. The molecule has 0 radical (unpaired) electrons. The number of non-ortho nitro benzene ring substituents is 1. The fraction of sp³-hybridized carbons (Fsp3) is 0. The maximum atomic E-state index is 12.0. The summed E-state index contributed by atoms with van der Waals surface area (Å²) in [7, 11) is 0. The van der Waals surface area contributed by atoms with Crippen molar-refractivity contribution in [3.63, 3.8) is 0 Å². The third-order valence-corrected chi connectivity index (χ3v) is 4.23. The second-order valence-corrected chi connectivity index (χ2v) is 5.87. The molecule has 0 fully saturated rings. The fourth-order valence-electron chi connectivity index (χ4n) is 2.95. The lowest BCUT2D eigenvalue weighted by molar-refractivity contribution is -0.384. The number of nitro benzene ring substituents is 1. The van der Waals surface area contributed by atoms with Crippen LogP contribution in [-0.2, 0) is 0 Å². The van der Waals surface area contributed by atoms with Crippen LogP contribution in [0.25, 0.3) is 33.9 Å². The van der Waals surface area contributed by atoms with Crippen LogP contribution in [-0.4, -0.2) is 4.92 Å². The second kappa shape index (κ2) is 6.29. The molecular formula is C21H13NO4. The summed E-state index contributed by atoms with van der Waals surface area (Å²) in [5, 5.41) is 13.4. The number of hydrogen-bond donors (Lipinski definition) is 0. The topological polar surface area (TPSA) is 73.3 Å². The van der Waals surface area contributed by atoms with Gasteiger partial charge in [-0.1, -0.05) is 42.5 Å². The normalized spacial score (nSPS) is 11.4. The van der Waals surface area contributed by atoms with Crippen LogP contribution in [0, 0.1) is 10.1 Å². The third-order valence-electron chi connectivity index (χ3n) is 4.23. The smallest absolute Gasteiger partial charge is 0.336 e. The van der Waals surface area contributed by atoms with Gasteiger partial charge in [-0.2, -0.15) is 0 Å². The zero-order chi connectivity index (χ0) is 18.1. The SMILES string of the molecule is O=c1cc(/C=C/c2ccc([N+](=O)[O-])cc2)c2ccc3ccccc3c2o1. The molecule has 0 N–H and O–H groups in total. The van der Waals surface area contributed by atoms with E-state index in [0.29, 0.717) is 5.58 Å². The Labute approximate surface area is 148 Å². The van der Waals surface area contributed by atoms with Gasteiger partial charge in [-0.15, -0.1) is 0 Å². The van der Waals surface area contributed by atoms with Gasteiger partial charge in [-0.3, -0.25) is 10.1 Å². The first-order valence-corrected chi connectivity index (χ1v) is 8.00. The summed E-state index contributed by atoms with van der Waals surface area (Å²) in [6, 6.07) is 19.3. The van der Waals surface area contributed by atoms with Crippen molar-refractivity contribution in [2.24, 2.45) is 0 Å². The number of rotatable bonds is 3. The first-order chi connectivity index (χ1) is 12.6. The molecule has 1 aromatic heterocycles. The molecule has 0 bridgehead atoms. The van der Waals surface area contributed by atoms with Crippen molar-refractivity contribution in [3.8, 4) is 0 Å². The van der Waals surface area contributed by atoms with E-state index in [2.05, 4.69) is 0 Å². The number of hydrogen-bond acceptors (Lipinski definition) is 4. The lowest BCUT2D eigenvalue weighted by Crippen LogP contribution is -1.98. The van der Waals surface area contributed by atoms with E-state index >= 15 is 0 Å². The predicted octanol–water partition coefficient (Wildman–Crippen LogP) is 5.02. The van der Waals surface area contributed by atoms with Crippen LogP contribution in [0.1, 0.15) is 11.1 Å². The van der Waals surface area contributed by atoms with Crippen LogP contribution >= 0.6 is 0 Å². The highest BCUT2D eigenvalue weighted by atomic mass is 16.6. The van der Waals surface area contributed by atoms with Crippen LogP contribution in [0.5, 0.6) is 0 Å². The maximum Gasteiger partial charge on any atom is 0.336 e. The summed E-state index contributed by atoms with van der Waals surface area (Å²) in [6.07, 6.45) is 3.63. The van der Waals surface area contributed by atoms with Crippen LogP contribution < -0.4 is 5.63 Å². The highest BCUT2D eigenvalue weighted by Crippen LogP contribution is 2.27. The molecule has 0 spiro atoms. The van der Waals surface area contributed by atoms with Gasteiger partial charge in [0.2, 0.25) is 0 Å². The van der Waals surface area contributed by atoms with Crippen LogP contribution in [0.15, 0.2) is 75.9 Å². The molecule has 1 heterocycles. The van der Waals surface area contributed by atoms with E-state index in [-0.39, 0.29) is 5.69 Å². The molecule has 0 saturated carbocycles. The summed E-state index contributed by atoms with van der Waals surface area (Å²) >= 11 is 0. The Morgan fingerprint density at radius 3 is 2.42 bits per heavy atom. The van der Waals surface area contributed by atoms with Crippen molar-refractivity contribution in [1.82, 2.24) is 0 Å². The highest BCUT2D eigenvalue weighted by Gasteiger charge is 2.07. The van der Waals surface area contributed by atoms with Gasteiger partial charge < -0.3 is 4.42 Å². The van der Waals surface area contributed by atoms with Crippen molar-refractivity contribution in [1.29, 1.82) is 0 Å². The molecule has 0 aliphatic carbocycles. The molecule has 4 aromatic rings. The first kappa shape index (κ1) is 15.8. The monoisotopic (exact) mass is 343 g/mol. The molecule has 0 aliphatic rings. The van der Waals surface area contributed by atoms with Gasteiger partial charge in [0.25, 0.3) is 5.69 Å². The van der Waals surface area contributed by atoms with E-state index in [9.17, 15) is 14.9 Å². The summed E-state index contributed by atoms with van der Waals surface area (Å²) in [4.78, 5) is 22.3. The zero-order valence-corrected chi connectivity index (χ0v) is 13.6. The molecule has 0 aliphatic heterocycles. The molecule has 26 heavy (non-hydrogen) atoms. The Kier molecular flexibility index (Phi) is 3.82. The Morgan fingerprint density at radius 1 is 0.885 bits per heavy atom. The average Bonchev–Trinajstić information content (AvgIpc) is 2.66. The summed E-state index contributed by atoms with van der Waals surface area (Å²) in [6.45, 7) is 0. The van der Waals surface area contributed by atoms with E-state index in [4.69, 9.17) is 4.42 Å². The number of benzene rings is 3. The highest BCUT2D eigenvalue weighted by molar-refractivity contribution is 6.06. The number of nitrogens with zero attached hydrogens (tertiary/aromatic N) is 1. The number of fused-ring (bicyclic) bond motifs is 3. The van der Waals surface area contributed by atoms with Crippen molar-refractivity contribution < 1.29 is 9.34 Å². The Balaban J connectivity index is 1.82. The van der Waals surface area contributed by atoms with Gasteiger partial charge in [-0.05, 0) is 34.7 Å². The Bertz CT molecular complexity index is 1220. The molecule has 4 rings (SSSR count). The Morgan fingerprint density at radius 2 is 1.65 bits per heavy atom. The largest absolute Gasteiger partial charge is 0.422 e. The van der Waals surface area contributed by atoms with Gasteiger partial charge in [-0.25, -0.2) is 4.79 Å². The molecular weight excluding hydrogens is 330 g/mol. The van der Waals surface area contributed by atoms with E-state index in [0.717, 1.165) is 27.3 Å². The molecule has 5 heteroatoms. The molecule has 0 unspecified atom stereocenters. The standard InChI is InChI=1S/C21H13NO4/c23-20-13-16(8-5-14-6-10-17(11-7-14)22(24)25)19-12-9-15-3-1-2-4-18(15)21(19)26-20/h1-13H/b8-5+. The van der Waals surface area contributed by atoms with Crippen molar-refractivity contribution >= 4 is 39.6 Å². The third kappa shape index (κ3) is 2.86. The summed E-state index contributed by atoms with van der Waals surface area (Å²) in [5.41, 5.74) is 1.72. The quantitative estimate of drug-likeness (QED) is 0.226. The minimum Gasteiger partial charge on any atom is -0.422 e. The molecule has 126 valence electrons. The van der Waals surface area contributed by atoms with Crippen LogP contribution in [0.4, 0.5) is 5.69 Å².